The van der Waals surface area contributed by atoms with Gasteiger partial charge in [-0.2, -0.15) is 0 Å². The highest BCUT2D eigenvalue weighted by atomic mass is 32.1. The van der Waals surface area contributed by atoms with Crippen LogP contribution in [0.3, 0.4) is 0 Å². The second kappa shape index (κ2) is 6.28. The predicted octanol–water partition coefficient (Wildman–Crippen LogP) is 3.17. The molecule has 2 amide bonds. The molecule has 2 N–H and O–H groups in total. The highest BCUT2D eigenvalue weighted by Gasteiger charge is 2.24. The smallest absolute Gasteiger partial charge is 0.273 e. The van der Waals surface area contributed by atoms with Gasteiger partial charge in [-0.15, -0.1) is 11.3 Å². The zero-order valence-electron chi connectivity index (χ0n) is 13.7. The zero-order valence-corrected chi connectivity index (χ0v) is 14.5. The van der Waals surface area contributed by atoms with Gasteiger partial charge in [0.25, 0.3) is 5.91 Å². The number of hydrazine groups is 1. The lowest BCUT2D eigenvalue weighted by Gasteiger charge is -2.11. The molecule has 0 saturated heterocycles. The first kappa shape index (κ1) is 15.9. The number of carbonyl (C=O) groups is 2. The van der Waals surface area contributed by atoms with Gasteiger partial charge in [-0.1, -0.05) is 12.8 Å². The van der Waals surface area contributed by atoms with Gasteiger partial charge in [0, 0.05) is 17.0 Å². The third kappa shape index (κ3) is 3.08. The summed E-state index contributed by atoms with van der Waals surface area (Å²) < 4.78 is 0. The van der Waals surface area contributed by atoms with Crippen LogP contribution in [0, 0.1) is 26.7 Å². The monoisotopic (exact) mass is 331 g/mol. The maximum absolute atomic E-state index is 12.4. The minimum Gasteiger partial charge on any atom is -0.273 e. The molecule has 2 aromatic heterocycles. The minimum atomic E-state index is -0.270. The Balaban J connectivity index is 1.77. The van der Waals surface area contributed by atoms with Crippen molar-refractivity contribution < 1.29 is 9.59 Å². The minimum absolute atomic E-state index is 0.0327. The average molecular weight is 331 g/mol. The van der Waals surface area contributed by atoms with Crippen LogP contribution >= 0.6 is 11.3 Å². The molecule has 5 nitrogen and oxygen atoms in total. The van der Waals surface area contributed by atoms with Crippen molar-refractivity contribution in [3.8, 4) is 0 Å². The molecule has 0 radical (unpaired) electrons. The van der Waals surface area contributed by atoms with Gasteiger partial charge in [0.15, 0.2) is 0 Å². The van der Waals surface area contributed by atoms with Crippen LogP contribution in [0.15, 0.2) is 6.07 Å². The van der Waals surface area contributed by atoms with Crippen LogP contribution in [-0.2, 0) is 4.79 Å². The van der Waals surface area contributed by atoms with Gasteiger partial charge in [-0.3, -0.25) is 20.4 Å². The van der Waals surface area contributed by atoms with Gasteiger partial charge in [0.05, 0.1) is 4.88 Å². The summed E-state index contributed by atoms with van der Waals surface area (Å²) >= 11 is 1.37. The van der Waals surface area contributed by atoms with Crippen LogP contribution in [-0.4, -0.2) is 16.8 Å². The number of nitrogens with one attached hydrogen (secondary N) is 2. The van der Waals surface area contributed by atoms with E-state index in [1.54, 1.807) is 0 Å². The lowest BCUT2D eigenvalue weighted by molar-refractivity contribution is -0.125. The molecule has 0 spiro atoms. The molecule has 1 aliphatic carbocycles. The molecular formula is C17H21N3O2S. The topological polar surface area (TPSA) is 71.1 Å². The summed E-state index contributed by atoms with van der Waals surface area (Å²) in [4.78, 5) is 30.4. The first-order valence-electron chi connectivity index (χ1n) is 7.95. The fraction of sp³-hybridized carbons (Fsp3) is 0.471. The molecule has 3 rings (SSSR count). The summed E-state index contributed by atoms with van der Waals surface area (Å²) in [6, 6.07) is 2.02. The molecule has 2 heterocycles. The number of hydrogen-bond donors (Lipinski definition) is 2. The van der Waals surface area contributed by atoms with Gasteiger partial charge in [-0.05, 0) is 50.8 Å². The van der Waals surface area contributed by atoms with Crippen molar-refractivity contribution in [1.82, 2.24) is 15.8 Å². The molecule has 0 bridgehead atoms. The summed E-state index contributed by atoms with van der Waals surface area (Å²) in [5, 5.41) is 1.04. The number of nitrogens with zero attached hydrogens (tertiary/aromatic N) is 1. The van der Waals surface area contributed by atoms with Crippen molar-refractivity contribution >= 4 is 33.4 Å². The number of rotatable bonds is 2. The number of hydrogen-bond acceptors (Lipinski definition) is 4. The Hall–Kier alpha value is -1.95. The Bertz CT molecular complexity index is 776. The van der Waals surface area contributed by atoms with Gasteiger partial charge in [0.2, 0.25) is 5.91 Å². The summed E-state index contributed by atoms with van der Waals surface area (Å²) in [6.07, 6.45) is 4.00. The first-order valence-corrected chi connectivity index (χ1v) is 8.76. The van der Waals surface area contributed by atoms with Crippen LogP contribution in [0.5, 0.6) is 0 Å². The molecule has 1 fully saturated rings. The SMILES string of the molecule is Cc1cc(C)c2c(C)c(C(=O)NNC(=O)C3CCCC3)sc2n1. The standard InChI is InChI=1S/C17H21N3O2S/c1-9-8-10(2)18-17-13(9)11(3)14(23-17)16(22)20-19-15(21)12-6-4-5-7-12/h8,12H,4-7H2,1-3H3,(H,19,21)(H,20,22). The van der Waals surface area contributed by atoms with Crippen molar-refractivity contribution in [1.29, 1.82) is 0 Å². The van der Waals surface area contributed by atoms with E-state index in [9.17, 15) is 9.59 Å². The molecule has 23 heavy (non-hydrogen) atoms. The highest BCUT2D eigenvalue weighted by molar-refractivity contribution is 7.20. The molecule has 2 aromatic rings. The van der Waals surface area contributed by atoms with E-state index in [0.29, 0.717) is 4.88 Å². The van der Waals surface area contributed by atoms with E-state index in [-0.39, 0.29) is 17.7 Å². The van der Waals surface area contributed by atoms with E-state index < -0.39 is 0 Å². The van der Waals surface area contributed by atoms with E-state index in [0.717, 1.165) is 52.7 Å². The number of fused-ring (bicyclic) bond motifs is 1. The summed E-state index contributed by atoms with van der Waals surface area (Å²) in [7, 11) is 0. The van der Waals surface area contributed by atoms with Crippen LogP contribution in [0.4, 0.5) is 0 Å². The second-order valence-corrected chi connectivity index (χ2v) is 7.24. The molecule has 0 aliphatic heterocycles. The number of pyridine rings is 1. The molecule has 1 aliphatic rings. The molecule has 1 saturated carbocycles. The van der Waals surface area contributed by atoms with Crippen molar-refractivity contribution in [3.63, 3.8) is 0 Å². The third-order valence-corrected chi connectivity index (χ3v) is 5.64. The van der Waals surface area contributed by atoms with E-state index in [4.69, 9.17) is 0 Å². The van der Waals surface area contributed by atoms with E-state index in [2.05, 4.69) is 15.8 Å². The van der Waals surface area contributed by atoms with Crippen LogP contribution in [0.1, 0.15) is 52.2 Å². The van der Waals surface area contributed by atoms with Crippen LogP contribution in [0.2, 0.25) is 0 Å². The summed E-state index contributed by atoms with van der Waals surface area (Å²) in [6.45, 7) is 5.90. The number of amides is 2. The predicted molar refractivity (Wildman–Crippen MR) is 91.4 cm³/mol. The van der Waals surface area contributed by atoms with Gasteiger partial charge in [0.1, 0.15) is 4.83 Å². The Morgan fingerprint density at radius 1 is 1.17 bits per heavy atom. The van der Waals surface area contributed by atoms with Crippen molar-refractivity contribution in [2.24, 2.45) is 5.92 Å². The third-order valence-electron chi connectivity index (χ3n) is 4.46. The van der Waals surface area contributed by atoms with E-state index in [1.165, 1.54) is 11.3 Å². The Kier molecular flexibility index (Phi) is 4.35. The molecule has 0 unspecified atom stereocenters. The average Bonchev–Trinajstić information content (AvgIpc) is 3.12. The van der Waals surface area contributed by atoms with Crippen molar-refractivity contribution in [3.05, 3.63) is 27.8 Å². The molecule has 122 valence electrons. The summed E-state index contributed by atoms with van der Waals surface area (Å²) in [5.41, 5.74) is 8.11. The van der Waals surface area contributed by atoms with E-state index >= 15 is 0 Å². The van der Waals surface area contributed by atoms with Gasteiger partial charge >= 0.3 is 0 Å². The van der Waals surface area contributed by atoms with Crippen LogP contribution < -0.4 is 10.9 Å². The molecule has 0 atom stereocenters. The maximum atomic E-state index is 12.4. The first-order chi connectivity index (χ1) is 11.0. The normalized spacial score (nSPS) is 15.1. The van der Waals surface area contributed by atoms with Gasteiger partial charge in [-0.25, -0.2) is 4.98 Å². The fourth-order valence-electron chi connectivity index (χ4n) is 3.30. The van der Waals surface area contributed by atoms with Crippen molar-refractivity contribution in [2.75, 3.05) is 0 Å². The molecule has 6 heteroatoms. The molecule has 0 aromatic carbocycles. The second-order valence-electron chi connectivity index (χ2n) is 6.24. The Labute approximate surface area is 139 Å². The fourth-order valence-corrected chi connectivity index (χ4v) is 4.50. The largest absolute Gasteiger partial charge is 0.280 e. The van der Waals surface area contributed by atoms with Crippen LogP contribution in [0.25, 0.3) is 10.2 Å². The van der Waals surface area contributed by atoms with Crippen molar-refractivity contribution in [2.45, 2.75) is 46.5 Å². The zero-order chi connectivity index (χ0) is 16.6. The number of aromatic nitrogens is 1. The highest BCUT2D eigenvalue weighted by Crippen LogP contribution is 2.32. The Morgan fingerprint density at radius 3 is 2.57 bits per heavy atom. The number of thiophene rings is 1. The maximum Gasteiger partial charge on any atom is 0.280 e. The lowest BCUT2D eigenvalue weighted by atomic mass is 10.1. The number of aryl methyl sites for hydroxylation is 3. The number of carbonyl (C=O) groups excluding carboxylic acids is 2. The summed E-state index contributed by atoms with van der Waals surface area (Å²) in [5.74, 6) is -0.320. The lowest BCUT2D eigenvalue weighted by Crippen LogP contribution is -2.44. The van der Waals surface area contributed by atoms with E-state index in [1.807, 2.05) is 26.8 Å². The quantitative estimate of drug-likeness (QED) is 0.830. The Morgan fingerprint density at radius 2 is 1.87 bits per heavy atom. The van der Waals surface area contributed by atoms with Gasteiger partial charge < -0.3 is 0 Å². The molecular weight excluding hydrogens is 310 g/mol.